The Labute approximate surface area is 138 Å². The van der Waals surface area contributed by atoms with Gasteiger partial charge in [-0.2, -0.15) is 0 Å². The standard InChI is InChI=1S/C16H14Cl2FNO2/c1-9-3-5-12(19)8-14(9)20-16(21)10(2)22-15-6-4-11(17)7-13(15)18/h3-8,10H,1-2H3,(H,20,21). The van der Waals surface area contributed by atoms with Gasteiger partial charge in [-0.3, -0.25) is 4.79 Å². The second kappa shape index (κ2) is 6.99. The molecule has 0 aromatic heterocycles. The predicted octanol–water partition coefficient (Wildman–Crippen LogP) is 4.85. The minimum atomic E-state index is -0.804. The average molecular weight is 342 g/mol. The summed E-state index contributed by atoms with van der Waals surface area (Å²) in [4.78, 5) is 12.1. The molecule has 0 aliphatic carbocycles. The van der Waals surface area contributed by atoms with E-state index in [0.717, 1.165) is 5.56 Å². The highest BCUT2D eigenvalue weighted by atomic mass is 35.5. The quantitative estimate of drug-likeness (QED) is 0.863. The Kier molecular flexibility index (Phi) is 5.27. The van der Waals surface area contributed by atoms with Gasteiger partial charge in [0, 0.05) is 10.7 Å². The molecular formula is C16H14Cl2FNO2. The lowest BCUT2D eigenvalue weighted by Gasteiger charge is -2.16. The van der Waals surface area contributed by atoms with E-state index in [1.807, 2.05) is 0 Å². The lowest BCUT2D eigenvalue weighted by atomic mass is 10.2. The van der Waals surface area contributed by atoms with E-state index < -0.39 is 17.8 Å². The molecule has 0 fully saturated rings. The molecule has 2 aromatic rings. The van der Waals surface area contributed by atoms with E-state index in [2.05, 4.69) is 5.32 Å². The van der Waals surface area contributed by atoms with Gasteiger partial charge in [-0.15, -0.1) is 0 Å². The normalized spacial score (nSPS) is 11.9. The van der Waals surface area contributed by atoms with Crippen LogP contribution in [0.4, 0.5) is 10.1 Å². The first kappa shape index (κ1) is 16.6. The van der Waals surface area contributed by atoms with Crippen LogP contribution in [0.25, 0.3) is 0 Å². The van der Waals surface area contributed by atoms with Crippen molar-refractivity contribution in [3.8, 4) is 5.75 Å². The number of anilines is 1. The predicted molar refractivity (Wildman–Crippen MR) is 86.3 cm³/mol. The van der Waals surface area contributed by atoms with Crippen molar-refractivity contribution in [2.75, 3.05) is 5.32 Å². The van der Waals surface area contributed by atoms with Gasteiger partial charge in [0.15, 0.2) is 6.10 Å². The van der Waals surface area contributed by atoms with Crippen molar-refractivity contribution in [2.45, 2.75) is 20.0 Å². The molecule has 0 heterocycles. The first-order chi connectivity index (χ1) is 10.4. The Morgan fingerprint density at radius 2 is 1.95 bits per heavy atom. The lowest BCUT2D eigenvalue weighted by Crippen LogP contribution is -2.30. The number of ether oxygens (including phenoxy) is 1. The Balaban J connectivity index is 2.07. The fourth-order valence-electron chi connectivity index (χ4n) is 1.78. The van der Waals surface area contributed by atoms with E-state index in [4.69, 9.17) is 27.9 Å². The molecule has 116 valence electrons. The number of benzene rings is 2. The fraction of sp³-hybridized carbons (Fsp3) is 0.188. The number of rotatable bonds is 4. The summed E-state index contributed by atoms with van der Waals surface area (Å²) in [5.74, 6) is -0.473. The van der Waals surface area contributed by atoms with Crippen LogP contribution in [0.15, 0.2) is 36.4 Å². The molecule has 0 saturated carbocycles. The highest BCUT2D eigenvalue weighted by Crippen LogP contribution is 2.28. The molecule has 2 rings (SSSR count). The van der Waals surface area contributed by atoms with E-state index >= 15 is 0 Å². The molecule has 0 bridgehead atoms. The largest absolute Gasteiger partial charge is 0.479 e. The third-order valence-corrected chi connectivity index (χ3v) is 3.55. The van der Waals surface area contributed by atoms with Gasteiger partial charge >= 0.3 is 0 Å². The average Bonchev–Trinajstić information content (AvgIpc) is 2.45. The molecule has 3 nitrogen and oxygen atoms in total. The van der Waals surface area contributed by atoms with Crippen molar-refractivity contribution in [2.24, 2.45) is 0 Å². The summed E-state index contributed by atoms with van der Waals surface area (Å²) < 4.78 is 18.7. The molecule has 6 heteroatoms. The molecule has 0 radical (unpaired) electrons. The van der Waals surface area contributed by atoms with E-state index in [1.165, 1.54) is 18.2 Å². The molecule has 1 atom stereocenters. The minimum absolute atomic E-state index is 0.314. The molecular weight excluding hydrogens is 328 g/mol. The van der Waals surface area contributed by atoms with Crippen LogP contribution >= 0.6 is 23.2 Å². The number of hydrogen-bond acceptors (Lipinski definition) is 2. The molecule has 22 heavy (non-hydrogen) atoms. The zero-order valence-electron chi connectivity index (χ0n) is 12.0. The molecule has 2 aromatic carbocycles. The summed E-state index contributed by atoms with van der Waals surface area (Å²) in [6.07, 6.45) is -0.804. The van der Waals surface area contributed by atoms with Crippen molar-refractivity contribution >= 4 is 34.8 Å². The molecule has 0 saturated heterocycles. The maximum atomic E-state index is 13.2. The first-order valence-electron chi connectivity index (χ1n) is 6.55. The van der Waals surface area contributed by atoms with Crippen LogP contribution in [0.2, 0.25) is 10.0 Å². The Bertz CT molecular complexity index is 707. The highest BCUT2D eigenvalue weighted by molar-refractivity contribution is 6.35. The first-order valence-corrected chi connectivity index (χ1v) is 7.31. The van der Waals surface area contributed by atoms with Gasteiger partial charge in [-0.25, -0.2) is 4.39 Å². The number of nitrogens with one attached hydrogen (secondary N) is 1. The van der Waals surface area contributed by atoms with Crippen molar-refractivity contribution in [3.05, 3.63) is 57.8 Å². The third-order valence-electron chi connectivity index (χ3n) is 3.02. The summed E-state index contributed by atoms with van der Waals surface area (Å²) >= 11 is 11.8. The molecule has 1 unspecified atom stereocenters. The van der Waals surface area contributed by atoms with Crippen molar-refractivity contribution in [3.63, 3.8) is 0 Å². The molecule has 0 aliphatic rings. The number of aryl methyl sites for hydroxylation is 1. The number of halogens is 3. The van der Waals surface area contributed by atoms with E-state index in [1.54, 1.807) is 32.0 Å². The van der Waals surface area contributed by atoms with Crippen LogP contribution in [0.5, 0.6) is 5.75 Å². The summed E-state index contributed by atoms with van der Waals surface area (Å²) in [7, 11) is 0. The SMILES string of the molecule is Cc1ccc(F)cc1NC(=O)C(C)Oc1ccc(Cl)cc1Cl. The van der Waals surface area contributed by atoms with Gasteiger partial charge < -0.3 is 10.1 Å². The summed E-state index contributed by atoms with van der Waals surface area (Å²) in [5.41, 5.74) is 1.16. The Morgan fingerprint density at radius 1 is 1.23 bits per heavy atom. The smallest absolute Gasteiger partial charge is 0.265 e. The second-order valence-corrected chi connectivity index (χ2v) is 5.63. The summed E-state index contributed by atoms with van der Waals surface area (Å²) in [5, 5.41) is 3.42. The van der Waals surface area contributed by atoms with E-state index in [0.29, 0.717) is 21.5 Å². The monoisotopic (exact) mass is 341 g/mol. The van der Waals surface area contributed by atoms with Gasteiger partial charge in [0.1, 0.15) is 11.6 Å². The molecule has 0 spiro atoms. The Morgan fingerprint density at radius 3 is 2.64 bits per heavy atom. The number of carbonyl (C=O) groups excluding carboxylic acids is 1. The van der Waals surface area contributed by atoms with Crippen LogP contribution in [0.3, 0.4) is 0 Å². The number of amides is 1. The van der Waals surface area contributed by atoms with Gasteiger partial charge in [0.05, 0.1) is 5.02 Å². The molecule has 1 N–H and O–H groups in total. The Hall–Kier alpha value is -1.78. The van der Waals surface area contributed by atoms with Gasteiger partial charge in [-0.05, 0) is 49.7 Å². The highest BCUT2D eigenvalue weighted by Gasteiger charge is 2.17. The number of carbonyl (C=O) groups is 1. The zero-order chi connectivity index (χ0) is 16.3. The van der Waals surface area contributed by atoms with Crippen molar-refractivity contribution in [1.82, 2.24) is 0 Å². The number of hydrogen-bond donors (Lipinski definition) is 1. The van der Waals surface area contributed by atoms with E-state index in [9.17, 15) is 9.18 Å². The topological polar surface area (TPSA) is 38.3 Å². The van der Waals surface area contributed by atoms with Crippen LogP contribution in [-0.4, -0.2) is 12.0 Å². The fourth-order valence-corrected chi connectivity index (χ4v) is 2.23. The van der Waals surface area contributed by atoms with Crippen LogP contribution in [-0.2, 0) is 4.79 Å². The maximum absolute atomic E-state index is 13.2. The van der Waals surface area contributed by atoms with Gasteiger partial charge in [-0.1, -0.05) is 29.3 Å². The lowest BCUT2D eigenvalue weighted by molar-refractivity contribution is -0.122. The summed E-state index contributed by atoms with van der Waals surface area (Å²) in [6.45, 7) is 3.35. The van der Waals surface area contributed by atoms with Crippen LogP contribution in [0.1, 0.15) is 12.5 Å². The van der Waals surface area contributed by atoms with Crippen LogP contribution in [0, 0.1) is 12.7 Å². The second-order valence-electron chi connectivity index (χ2n) is 4.78. The van der Waals surface area contributed by atoms with Crippen molar-refractivity contribution in [1.29, 1.82) is 0 Å². The summed E-state index contributed by atoms with van der Waals surface area (Å²) in [6, 6.07) is 8.91. The van der Waals surface area contributed by atoms with E-state index in [-0.39, 0.29) is 0 Å². The maximum Gasteiger partial charge on any atom is 0.265 e. The van der Waals surface area contributed by atoms with Crippen molar-refractivity contribution < 1.29 is 13.9 Å². The van der Waals surface area contributed by atoms with Crippen LogP contribution < -0.4 is 10.1 Å². The molecule has 0 aliphatic heterocycles. The minimum Gasteiger partial charge on any atom is -0.479 e. The van der Waals surface area contributed by atoms with Gasteiger partial charge in [0.25, 0.3) is 5.91 Å². The zero-order valence-corrected chi connectivity index (χ0v) is 13.5. The van der Waals surface area contributed by atoms with Gasteiger partial charge in [0.2, 0.25) is 0 Å². The third kappa shape index (κ3) is 4.12. The molecule has 1 amide bonds.